The zero-order chi connectivity index (χ0) is 16.4. The van der Waals surface area contributed by atoms with Crippen molar-refractivity contribution in [3.63, 3.8) is 0 Å². The van der Waals surface area contributed by atoms with Crippen molar-refractivity contribution in [1.29, 1.82) is 0 Å². The van der Waals surface area contributed by atoms with Crippen molar-refractivity contribution in [1.82, 2.24) is 0 Å². The van der Waals surface area contributed by atoms with Crippen molar-refractivity contribution in [3.8, 4) is 0 Å². The van der Waals surface area contributed by atoms with Gasteiger partial charge in [-0.1, -0.05) is 31.5 Å². The predicted octanol–water partition coefficient (Wildman–Crippen LogP) is 4.16. The molecule has 3 nitrogen and oxygen atoms in total. The van der Waals surface area contributed by atoms with Crippen LogP contribution in [0, 0.1) is 36.0 Å². The first-order chi connectivity index (χ1) is 10.8. The minimum absolute atomic E-state index is 0.135. The van der Waals surface area contributed by atoms with Crippen molar-refractivity contribution in [2.45, 2.75) is 57.5 Å². The fourth-order valence-electron chi connectivity index (χ4n) is 5.46. The number of benzene rings is 1. The highest BCUT2D eigenvalue weighted by Crippen LogP contribution is 2.62. The molecule has 23 heavy (non-hydrogen) atoms. The van der Waals surface area contributed by atoms with E-state index in [1.54, 1.807) is 12.1 Å². The van der Waals surface area contributed by atoms with Crippen molar-refractivity contribution in [2.24, 2.45) is 29.1 Å². The molecule has 0 aliphatic heterocycles. The Morgan fingerprint density at radius 3 is 2.43 bits per heavy atom. The predicted molar refractivity (Wildman–Crippen MR) is 89.4 cm³/mol. The third kappa shape index (κ3) is 2.45. The molecule has 5 atom stereocenters. The zero-order valence-electron chi connectivity index (χ0n) is 14.2. The lowest BCUT2D eigenvalue weighted by Gasteiger charge is -2.61. The van der Waals surface area contributed by atoms with Gasteiger partial charge in [0, 0.05) is 0 Å². The molecular weight excluding hydrogens is 308 g/mol. The summed E-state index contributed by atoms with van der Waals surface area (Å²) < 4.78 is 31.3. The summed E-state index contributed by atoms with van der Waals surface area (Å²) in [5.74, 6) is 2.33. The second kappa shape index (κ2) is 5.06. The van der Waals surface area contributed by atoms with E-state index < -0.39 is 10.1 Å². The maximum atomic E-state index is 12.7. The summed E-state index contributed by atoms with van der Waals surface area (Å²) in [7, 11) is -3.67. The second-order valence-electron chi connectivity index (χ2n) is 8.52. The SMILES string of the molecule is Cc1ccc(S(=O)(=O)OC2C3CC4CC(C3)C(C)(C)C2C4)cc1. The maximum Gasteiger partial charge on any atom is 0.297 e. The first-order valence-corrected chi connectivity index (χ1v) is 10.2. The first kappa shape index (κ1) is 15.6. The van der Waals surface area contributed by atoms with Gasteiger partial charge >= 0.3 is 0 Å². The number of hydrogen-bond acceptors (Lipinski definition) is 3. The van der Waals surface area contributed by atoms with Crippen molar-refractivity contribution < 1.29 is 12.6 Å². The Hall–Kier alpha value is -0.870. The molecule has 5 rings (SSSR count). The van der Waals surface area contributed by atoms with Crippen LogP contribution in [0.25, 0.3) is 0 Å². The van der Waals surface area contributed by atoms with Crippen LogP contribution in [0.5, 0.6) is 0 Å². The Bertz CT molecular complexity index is 705. The summed E-state index contributed by atoms with van der Waals surface area (Å²) in [6.07, 6.45) is 4.61. The number of aryl methyl sites for hydroxylation is 1. The lowest BCUT2D eigenvalue weighted by atomic mass is 9.45. The van der Waals surface area contributed by atoms with Crippen LogP contribution in [-0.2, 0) is 14.3 Å². The highest BCUT2D eigenvalue weighted by molar-refractivity contribution is 7.86. The van der Waals surface area contributed by atoms with Crippen molar-refractivity contribution in [2.75, 3.05) is 0 Å². The molecule has 0 N–H and O–H groups in total. The molecule has 1 aromatic carbocycles. The van der Waals surface area contributed by atoms with Crippen LogP contribution in [0.15, 0.2) is 29.2 Å². The summed E-state index contributed by atoms with van der Waals surface area (Å²) >= 11 is 0. The fourth-order valence-corrected chi connectivity index (χ4v) is 6.62. The van der Waals surface area contributed by atoms with Gasteiger partial charge in [-0.3, -0.25) is 4.18 Å². The summed E-state index contributed by atoms with van der Waals surface area (Å²) in [6, 6.07) is 6.98. The van der Waals surface area contributed by atoms with Crippen molar-refractivity contribution >= 4 is 10.1 Å². The van der Waals surface area contributed by atoms with Gasteiger partial charge in [-0.25, -0.2) is 0 Å². The van der Waals surface area contributed by atoms with E-state index in [9.17, 15) is 8.42 Å². The van der Waals surface area contributed by atoms with Crippen LogP contribution in [0.2, 0.25) is 0 Å². The molecule has 4 saturated carbocycles. The standard InChI is InChI=1S/C19H26O3S/c1-12-4-6-16(7-5-12)23(20,21)22-18-14-8-13-9-15(11-14)19(2,3)17(18)10-13/h4-7,13-15,17-18H,8-11H2,1-3H3. The van der Waals surface area contributed by atoms with Gasteiger partial charge in [-0.05, 0) is 73.8 Å². The van der Waals surface area contributed by atoms with E-state index in [4.69, 9.17) is 4.18 Å². The summed E-state index contributed by atoms with van der Waals surface area (Å²) in [6.45, 7) is 6.58. The average molecular weight is 334 g/mol. The van der Waals surface area contributed by atoms with Crippen molar-refractivity contribution in [3.05, 3.63) is 29.8 Å². The van der Waals surface area contributed by atoms with Crippen LogP contribution in [0.4, 0.5) is 0 Å². The molecule has 1 aromatic rings. The number of hydrogen-bond donors (Lipinski definition) is 0. The van der Waals surface area contributed by atoms with Gasteiger partial charge in [0.05, 0.1) is 11.0 Å². The summed E-state index contributed by atoms with van der Waals surface area (Å²) in [5, 5.41) is 0. The molecule has 0 radical (unpaired) electrons. The van der Waals surface area contributed by atoms with Crippen LogP contribution in [0.1, 0.15) is 45.1 Å². The molecule has 4 aliphatic rings. The largest absolute Gasteiger partial charge is 0.297 e. The lowest BCUT2D eigenvalue weighted by Crippen LogP contribution is -2.58. The molecule has 4 fully saturated rings. The molecule has 0 heterocycles. The number of rotatable bonds is 3. The normalized spacial score (nSPS) is 38.0. The average Bonchev–Trinajstić information content (AvgIpc) is 2.48. The third-order valence-corrected chi connectivity index (χ3v) is 8.17. The highest BCUT2D eigenvalue weighted by Gasteiger charge is 2.58. The molecule has 0 aromatic heterocycles. The van der Waals surface area contributed by atoms with Gasteiger partial charge in [0.2, 0.25) is 0 Å². The molecule has 0 saturated heterocycles. The molecule has 0 spiro atoms. The lowest BCUT2D eigenvalue weighted by molar-refractivity contribution is -0.154. The van der Waals surface area contributed by atoms with E-state index >= 15 is 0 Å². The Balaban J connectivity index is 1.62. The Labute approximate surface area is 139 Å². The Morgan fingerprint density at radius 1 is 1.04 bits per heavy atom. The molecule has 0 amide bonds. The quantitative estimate of drug-likeness (QED) is 0.780. The summed E-state index contributed by atoms with van der Waals surface area (Å²) in [4.78, 5) is 0.287. The van der Waals surface area contributed by atoms with Gasteiger partial charge in [0.15, 0.2) is 0 Å². The van der Waals surface area contributed by atoms with E-state index in [0.29, 0.717) is 11.8 Å². The second-order valence-corrected chi connectivity index (χ2v) is 10.1. The molecular formula is C19H26O3S. The minimum atomic E-state index is -3.67. The third-order valence-electron chi connectivity index (χ3n) is 6.84. The van der Waals surface area contributed by atoms with Gasteiger partial charge < -0.3 is 0 Å². The smallest absolute Gasteiger partial charge is 0.262 e. The fraction of sp³-hybridized carbons (Fsp3) is 0.684. The monoisotopic (exact) mass is 334 g/mol. The molecule has 126 valence electrons. The zero-order valence-corrected chi connectivity index (χ0v) is 15.0. The molecule has 4 heteroatoms. The van der Waals surface area contributed by atoms with E-state index in [1.165, 1.54) is 6.42 Å². The minimum Gasteiger partial charge on any atom is -0.262 e. The van der Waals surface area contributed by atoms with E-state index in [1.807, 2.05) is 19.1 Å². The van der Waals surface area contributed by atoms with E-state index in [-0.39, 0.29) is 16.4 Å². The molecule has 4 aliphatic carbocycles. The van der Waals surface area contributed by atoms with Crippen LogP contribution >= 0.6 is 0 Å². The van der Waals surface area contributed by atoms with E-state index in [2.05, 4.69) is 13.8 Å². The van der Waals surface area contributed by atoms with E-state index in [0.717, 1.165) is 36.7 Å². The first-order valence-electron chi connectivity index (χ1n) is 8.77. The Kier molecular flexibility index (Phi) is 3.44. The Morgan fingerprint density at radius 2 is 1.74 bits per heavy atom. The molecule has 5 unspecified atom stereocenters. The van der Waals surface area contributed by atoms with Gasteiger partial charge in [0.25, 0.3) is 10.1 Å². The van der Waals surface area contributed by atoms with Gasteiger partial charge in [0.1, 0.15) is 0 Å². The maximum absolute atomic E-state index is 12.7. The van der Waals surface area contributed by atoms with Gasteiger partial charge in [-0.2, -0.15) is 8.42 Å². The van der Waals surface area contributed by atoms with Crippen LogP contribution < -0.4 is 0 Å². The summed E-state index contributed by atoms with van der Waals surface area (Å²) in [5.41, 5.74) is 1.25. The van der Waals surface area contributed by atoms with Crippen LogP contribution in [0.3, 0.4) is 0 Å². The van der Waals surface area contributed by atoms with Gasteiger partial charge in [-0.15, -0.1) is 0 Å². The van der Waals surface area contributed by atoms with Crippen LogP contribution in [-0.4, -0.2) is 14.5 Å². The highest BCUT2D eigenvalue weighted by atomic mass is 32.2. The topological polar surface area (TPSA) is 43.4 Å². The molecule has 4 bridgehead atoms.